The molecule has 122 valence electrons. The van der Waals surface area contributed by atoms with Crippen molar-refractivity contribution in [3.8, 4) is 0 Å². The van der Waals surface area contributed by atoms with E-state index in [1.807, 2.05) is 13.8 Å². The van der Waals surface area contributed by atoms with Gasteiger partial charge in [-0.1, -0.05) is 13.8 Å². The summed E-state index contributed by atoms with van der Waals surface area (Å²) in [5.74, 6) is 0.301. The van der Waals surface area contributed by atoms with Gasteiger partial charge in [0.05, 0.1) is 6.10 Å². The first-order chi connectivity index (χ1) is 10.4. The number of hydrogen-bond donors (Lipinski definition) is 1. The molecule has 0 bridgehead atoms. The second-order valence-electron chi connectivity index (χ2n) is 5.67. The molecule has 0 unspecified atom stereocenters. The van der Waals surface area contributed by atoms with Crippen LogP contribution in [0.2, 0.25) is 0 Å². The van der Waals surface area contributed by atoms with Crippen molar-refractivity contribution in [2.75, 3.05) is 26.2 Å². The molecule has 1 fully saturated rings. The standard InChI is InChI=1S/C14H21N3O4S/c1-11(2)8-17-9-12(21-10-14(17)18)6-16-22(19,20)13-4-3-5-15-7-13/h3-5,7,11-12,16H,6,8-10H2,1-2H3/t12-/m0/s1. The fourth-order valence-electron chi connectivity index (χ4n) is 2.21. The van der Waals surface area contributed by atoms with Gasteiger partial charge < -0.3 is 9.64 Å². The van der Waals surface area contributed by atoms with E-state index in [9.17, 15) is 13.2 Å². The Morgan fingerprint density at radius 2 is 2.27 bits per heavy atom. The van der Waals surface area contributed by atoms with Crippen LogP contribution in [0.25, 0.3) is 0 Å². The summed E-state index contributed by atoms with van der Waals surface area (Å²) in [6, 6.07) is 3.04. The van der Waals surface area contributed by atoms with Gasteiger partial charge in [-0.25, -0.2) is 13.1 Å². The Morgan fingerprint density at radius 3 is 2.91 bits per heavy atom. The van der Waals surface area contributed by atoms with Crippen LogP contribution >= 0.6 is 0 Å². The van der Waals surface area contributed by atoms with Crippen LogP contribution in [-0.2, 0) is 19.6 Å². The molecule has 8 heteroatoms. The molecule has 1 aliphatic heterocycles. The van der Waals surface area contributed by atoms with E-state index >= 15 is 0 Å². The van der Waals surface area contributed by atoms with E-state index in [0.717, 1.165) is 0 Å². The quantitative estimate of drug-likeness (QED) is 0.809. The molecule has 1 aliphatic rings. The molecule has 0 spiro atoms. The number of carbonyl (C=O) groups is 1. The Kier molecular flexibility index (Phi) is 5.49. The van der Waals surface area contributed by atoms with Crippen LogP contribution in [0.3, 0.4) is 0 Å². The monoisotopic (exact) mass is 327 g/mol. The minimum Gasteiger partial charge on any atom is -0.365 e. The lowest BCUT2D eigenvalue weighted by molar-refractivity contribution is -0.149. The van der Waals surface area contributed by atoms with Crippen LogP contribution in [0.1, 0.15) is 13.8 Å². The summed E-state index contributed by atoms with van der Waals surface area (Å²) in [4.78, 5) is 17.4. The van der Waals surface area contributed by atoms with E-state index in [4.69, 9.17) is 4.74 Å². The second kappa shape index (κ2) is 7.17. The number of morpholine rings is 1. The Balaban J connectivity index is 1.93. The molecule has 1 aromatic rings. The van der Waals surface area contributed by atoms with E-state index in [2.05, 4.69) is 9.71 Å². The predicted octanol–water partition coefficient (Wildman–Crippen LogP) is 0.243. The van der Waals surface area contributed by atoms with Crippen molar-refractivity contribution in [2.24, 2.45) is 5.92 Å². The average molecular weight is 327 g/mol. The third-order valence-corrected chi connectivity index (χ3v) is 4.66. The van der Waals surface area contributed by atoms with Crippen LogP contribution in [0.4, 0.5) is 0 Å². The van der Waals surface area contributed by atoms with Crippen LogP contribution in [-0.4, -0.2) is 56.6 Å². The highest BCUT2D eigenvalue weighted by molar-refractivity contribution is 7.89. The van der Waals surface area contributed by atoms with Gasteiger partial charge in [-0.2, -0.15) is 0 Å². The lowest BCUT2D eigenvalue weighted by atomic mass is 10.2. The Morgan fingerprint density at radius 1 is 1.50 bits per heavy atom. The fraction of sp³-hybridized carbons (Fsp3) is 0.571. The molecule has 1 aromatic heterocycles. The maximum Gasteiger partial charge on any atom is 0.248 e. The zero-order chi connectivity index (χ0) is 16.2. The van der Waals surface area contributed by atoms with Crippen LogP contribution in [0, 0.1) is 5.92 Å². The first kappa shape index (κ1) is 16.9. The number of rotatable bonds is 6. The maximum atomic E-state index is 12.1. The van der Waals surface area contributed by atoms with Crippen molar-refractivity contribution >= 4 is 15.9 Å². The predicted molar refractivity (Wildman–Crippen MR) is 80.6 cm³/mol. The number of ether oxygens (including phenoxy) is 1. The van der Waals surface area contributed by atoms with Gasteiger partial charge in [0.15, 0.2) is 0 Å². The number of carbonyl (C=O) groups excluding carboxylic acids is 1. The highest BCUT2D eigenvalue weighted by Crippen LogP contribution is 2.10. The molecule has 1 atom stereocenters. The summed E-state index contributed by atoms with van der Waals surface area (Å²) in [6.45, 7) is 5.22. The topological polar surface area (TPSA) is 88.6 Å². The minimum atomic E-state index is -3.61. The highest BCUT2D eigenvalue weighted by Gasteiger charge is 2.27. The third-order valence-electron chi connectivity index (χ3n) is 3.25. The Hall–Kier alpha value is -1.51. The van der Waals surface area contributed by atoms with E-state index in [1.54, 1.807) is 11.0 Å². The zero-order valence-electron chi connectivity index (χ0n) is 12.7. The first-order valence-corrected chi connectivity index (χ1v) is 8.66. The minimum absolute atomic E-state index is 0.00793. The van der Waals surface area contributed by atoms with Crippen LogP contribution < -0.4 is 4.72 Å². The molecule has 0 radical (unpaired) electrons. The van der Waals surface area contributed by atoms with Gasteiger partial charge in [-0.3, -0.25) is 9.78 Å². The van der Waals surface area contributed by atoms with Gasteiger partial charge in [0.25, 0.3) is 0 Å². The smallest absolute Gasteiger partial charge is 0.248 e. The number of sulfonamides is 1. The molecule has 2 heterocycles. The lowest BCUT2D eigenvalue weighted by Crippen LogP contribution is -2.51. The summed E-state index contributed by atoms with van der Waals surface area (Å²) in [7, 11) is -3.61. The number of nitrogens with zero attached hydrogens (tertiary/aromatic N) is 2. The van der Waals surface area contributed by atoms with E-state index in [0.29, 0.717) is 19.0 Å². The average Bonchev–Trinajstić information content (AvgIpc) is 2.48. The van der Waals surface area contributed by atoms with Crippen LogP contribution in [0.5, 0.6) is 0 Å². The molecular weight excluding hydrogens is 306 g/mol. The normalized spacial score (nSPS) is 19.7. The summed E-state index contributed by atoms with van der Waals surface area (Å²) in [5, 5.41) is 0. The molecule has 1 saturated heterocycles. The van der Waals surface area contributed by atoms with E-state index in [-0.39, 0.29) is 30.1 Å². The van der Waals surface area contributed by atoms with Gasteiger partial charge in [0, 0.05) is 32.0 Å². The number of amides is 1. The fourth-order valence-corrected chi connectivity index (χ4v) is 3.24. The third kappa shape index (κ3) is 4.49. The molecular formula is C14H21N3O4S. The van der Waals surface area contributed by atoms with E-state index in [1.165, 1.54) is 18.5 Å². The van der Waals surface area contributed by atoms with Crippen molar-refractivity contribution in [1.82, 2.24) is 14.6 Å². The molecule has 22 heavy (non-hydrogen) atoms. The van der Waals surface area contributed by atoms with Crippen molar-refractivity contribution in [1.29, 1.82) is 0 Å². The summed E-state index contributed by atoms with van der Waals surface area (Å²) in [6.07, 6.45) is 2.46. The number of hydrogen-bond acceptors (Lipinski definition) is 5. The number of nitrogens with one attached hydrogen (secondary N) is 1. The first-order valence-electron chi connectivity index (χ1n) is 7.17. The summed E-state index contributed by atoms with van der Waals surface area (Å²) in [5.41, 5.74) is 0. The zero-order valence-corrected chi connectivity index (χ0v) is 13.5. The number of pyridine rings is 1. The van der Waals surface area contributed by atoms with Gasteiger partial charge in [0.1, 0.15) is 11.5 Å². The molecule has 7 nitrogen and oxygen atoms in total. The number of aromatic nitrogens is 1. The van der Waals surface area contributed by atoms with Gasteiger partial charge in [-0.05, 0) is 18.1 Å². The van der Waals surface area contributed by atoms with E-state index < -0.39 is 10.0 Å². The van der Waals surface area contributed by atoms with Crippen molar-refractivity contribution < 1.29 is 17.9 Å². The van der Waals surface area contributed by atoms with Gasteiger partial charge in [-0.15, -0.1) is 0 Å². The van der Waals surface area contributed by atoms with Gasteiger partial charge in [0.2, 0.25) is 15.9 Å². The molecule has 0 aliphatic carbocycles. The molecule has 0 saturated carbocycles. The molecule has 1 N–H and O–H groups in total. The molecule has 1 amide bonds. The Bertz CT molecular complexity index is 604. The SMILES string of the molecule is CC(C)CN1C[C@H](CNS(=O)(=O)c2cccnc2)OCC1=O. The van der Waals surface area contributed by atoms with Crippen molar-refractivity contribution in [2.45, 2.75) is 24.8 Å². The Labute approximate surface area is 130 Å². The van der Waals surface area contributed by atoms with Gasteiger partial charge >= 0.3 is 0 Å². The maximum absolute atomic E-state index is 12.1. The van der Waals surface area contributed by atoms with Crippen molar-refractivity contribution in [3.63, 3.8) is 0 Å². The van der Waals surface area contributed by atoms with Crippen LogP contribution in [0.15, 0.2) is 29.4 Å². The summed E-state index contributed by atoms with van der Waals surface area (Å²) >= 11 is 0. The van der Waals surface area contributed by atoms with Crippen molar-refractivity contribution in [3.05, 3.63) is 24.5 Å². The second-order valence-corrected chi connectivity index (χ2v) is 7.43. The molecule has 0 aromatic carbocycles. The highest BCUT2D eigenvalue weighted by atomic mass is 32.2. The lowest BCUT2D eigenvalue weighted by Gasteiger charge is -2.33. The molecule has 2 rings (SSSR count). The summed E-state index contributed by atoms with van der Waals surface area (Å²) < 4.78 is 32.1. The largest absolute Gasteiger partial charge is 0.365 e.